The monoisotopic (exact) mass is 789 g/mol. The molecule has 2 aliphatic rings. The molecule has 2 aromatic heterocycles. The summed E-state index contributed by atoms with van der Waals surface area (Å²) in [4.78, 5) is 15.6. The summed E-state index contributed by atoms with van der Waals surface area (Å²) in [7, 11) is 0. The smallest absolute Gasteiger partial charge is 0.164 e. The zero-order valence-corrected chi connectivity index (χ0v) is 33.5. The van der Waals surface area contributed by atoms with Gasteiger partial charge in [0.05, 0.1) is 5.41 Å². The van der Waals surface area contributed by atoms with Crippen molar-refractivity contribution in [1.82, 2.24) is 15.0 Å². The van der Waals surface area contributed by atoms with Crippen LogP contribution in [0.2, 0.25) is 0 Å². The normalized spacial score (nSPS) is 14.5. The van der Waals surface area contributed by atoms with E-state index in [4.69, 9.17) is 19.4 Å². The SMILES string of the molecule is c1ccc(-c2cccc(-c3nc(-c4ccccc4)nc(-c4ccc5c(c4)-c4ccccc4-c4ccccc4C54c5ccccc5-c5c4ccc4oc6ccccc6c54)n3)c2)cc1. The van der Waals surface area contributed by atoms with Gasteiger partial charge < -0.3 is 4.42 Å². The number of hydrogen-bond donors (Lipinski definition) is 0. The molecular weight excluding hydrogens is 755 g/mol. The number of benzene rings is 9. The number of para-hydroxylation sites is 1. The van der Waals surface area contributed by atoms with E-state index in [2.05, 4.69) is 182 Å². The van der Waals surface area contributed by atoms with Crippen molar-refractivity contribution in [1.29, 1.82) is 0 Å². The van der Waals surface area contributed by atoms with Gasteiger partial charge in [-0.2, -0.15) is 0 Å². The average Bonchev–Trinajstić information content (AvgIpc) is 3.85. The summed E-state index contributed by atoms with van der Waals surface area (Å²) in [6.07, 6.45) is 0. The van der Waals surface area contributed by atoms with Gasteiger partial charge in [0, 0.05) is 27.5 Å². The number of furan rings is 1. The van der Waals surface area contributed by atoms with Crippen molar-refractivity contribution in [2.24, 2.45) is 0 Å². The van der Waals surface area contributed by atoms with Crippen molar-refractivity contribution >= 4 is 21.9 Å². The summed E-state index contributed by atoms with van der Waals surface area (Å²) < 4.78 is 6.54. The molecule has 288 valence electrons. The van der Waals surface area contributed by atoms with Crippen molar-refractivity contribution in [3.8, 4) is 78.7 Å². The first kappa shape index (κ1) is 34.6. The van der Waals surface area contributed by atoms with Crippen molar-refractivity contribution in [2.45, 2.75) is 5.41 Å². The Morgan fingerprint density at radius 2 is 0.823 bits per heavy atom. The van der Waals surface area contributed by atoms with Crippen LogP contribution < -0.4 is 0 Å². The van der Waals surface area contributed by atoms with Gasteiger partial charge in [0.25, 0.3) is 0 Å². The highest BCUT2D eigenvalue weighted by atomic mass is 16.3. The highest BCUT2D eigenvalue weighted by Crippen LogP contribution is 2.63. The van der Waals surface area contributed by atoms with Crippen LogP contribution in [-0.4, -0.2) is 15.0 Å². The van der Waals surface area contributed by atoms with Crippen LogP contribution >= 0.6 is 0 Å². The highest BCUT2D eigenvalue weighted by Gasteiger charge is 2.50. The first-order valence-electron chi connectivity index (χ1n) is 21.1. The number of hydrogen-bond acceptors (Lipinski definition) is 4. The van der Waals surface area contributed by atoms with Crippen LogP contribution in [0.25, 0.3) is 101 Å². The number of nitrogens with zero attached hydrogens (tertiary/aromatic N) is 3. The minimum absolute atomic E-state index is 0.619. The summed E-state index contributed by atoms with van der Waals surface area (Å²) in [5.74, 6) is 1.87. The quantitative estimate of drug-likeness (QED) is 0.178. The Bertz CT molecular complexity index is 3590. The van der Waals surface area contributed by atoms with Gasteiger partial charge in [0.1, 0.15) is 11.2 Å². The molecule has 0 radical (unpaired) electrons. The lowest BCUT2D eigenvalue weighted by Gasteiger charge is -2.35. The van der Waals surface area contributed by atoms with E-state index in [9.17, 15) is 0 Å². The Morgan fingerprint density at radius 1 is 0.306 bits per heavy atom. The van der Waals surface area contributed by atoms with E-state index in [1.54, 1.807) is 0 Å². The molecule has 2 aliphatic carbocycles. The molecule has 11 aromatic rings. The van der Waals surface area contributed by atoms with Crippen LogP contribution in [0, 0.1) is 0 Å². The highest BCUT2D eigenvalue weighted by molar-refractivity contribution is 6.16. The molecule has 4 heteroatoms. The molecule has 1 unspecified atom stereocenters. The molecule has 0 fully saturated rings. The van der Waals surface area contributed by atoms with Crippen LogP contribution in [-0.2, 0) is 5.41 Å². The average molecular weight is 790 g/mol. The summed E-state index contributed by atoms with van der Waals surface area (Å²) in [6.45, 7) is 0. The third-order valence-corrected chi connectivity index (χ3v) is 13.0. The van der Waals surface area contributed by atoms with E-state index in [0.717, 1.165) is 55.3 Å². The summed E-state index contributed by atoms with van der Waals surface area (Å²) in [5, 5.41) is 2.28. The van der Waals surface area contributed by atoms with Crippen LogP contribution in [0.5, 0.6) is 0 Å². The maximum Gasteiger partial charge on any atom is 0.164 e. The third kappa shape index (κ3) is 4.98. The molecule has 0 aliphatic heterocycles. The van der Waals surface area contributed by atoms with Gasteiger partial charge in [-0.3, -0.25) is 0 Å². The van der Waals surface area contributed by atoms with E-state index >= 15 is 0 Å². The molecule has 2 heterocycles. The minimum atomic E-state index is -0.653. The largest absolute Gasteiger partial charge is 0.456 e. The first-order chi connectivity index (χ1) is 30.7. The molecule has 9 aromatic carbocycles. The van der Waals surface area contributed by atoms with Gasteiger partial charge in [-0.05, 0) is 91.0 Å². The molecular formula is C58H35N3O. The van der Waals surface area contributed by atoms with Crippen molar-refractivity contribution in [2.75, 3.05) is 0 Å². The van der Waals surface area contributed by atoms with E-state index in [1.165, 1.54) is 50.1 Å². The number of rotatable bonds is 4. The fourth-order valence-electron chi connectivity index (χ4n) is 10.4. The van der Waals surface area contributed by atoms with Gasteiger partial charge >= 0.3 is 0 Å². The fourth-order valence-corrected chi connectivity index (χ4v) is 10.4. The molecule has 0 saturated carbocycles. The van der Waals surface area contributed by atoms with Gasteiger partial charge in [-0.1, -0.05) is 188 Å². The van der Waals surface area contributed by atoms with E-state index in [-0.39, 0.29) is 0 Å². The lowest BCUT2D eigenvalue weighted by molar-refractivity contribution is 0.668. The standard InChI is InChI=1S/C58H35N3O/c1-3-16-36(17-4-1)38-20-15-21-39(34-38)56-59-55(37-18-5-2-6-19-37)60-57(61-56)40-30-31-49-46(35-40)42-23-8-7-22-41(42)43-24-9-12-27-47(43)58(49)48-28-13-10-25-44(48)53-50(58)32-33-52-54(53)45-26-11-14-29-51(45)62-52/h1-35H. The lowest BCUT2D eigenvalue weighted by Crippen LogP contribution is -2.29. The molecule has 0 amide bonds. The maximum absolute atomic E-state index is 6.54. The second-order valence-electron chi connectivity index (χ2n) is 16.2. The maximum atomic E-state index is 6.54. The van der Waals surface area contributed by atoms with Gasteiger partial charge in [-0.25, -0.2) is 15.0 Å². The Hall–Kier alpha value is -8.21. The predicted molar refractivity (Wildman–Crippen MR) is 251 cm³/mol. The second kappa shape index (κ2) is 13.4. The van der Waals surface area contributed by atoms with Crippen molar-refractivity contribution < 1.29 is 4.42 Å². The molecule has 0 bridgehead atoms. The summed E-state index contributed by atoms with van der Waals surface area (Å²) in [6, 6.07) is 75.8. The van der Waals surface area contributed by atoms with Gasteiger partial charge in [0.2, 0.25) is 0 Å². The zero-order chi connectivity index (χ0) is 40.8. The van der Waals surface area contributed by atoms with Crippen LogP contribution in [0.4, 0.5) is 0 Å². The lowest BCUT2D eigenvalue weighted by atomic mass is 9.65. The third-order valence-electron chi connectivity index (χ3n) is 13.0. The van der Waals surface area contributed by atoms with Gasteiger partial charge in [0.15, 0.2) is 17.5 Å². The molecule has 1 atom stereocenters. The molecule has 4 nitrogen and oxygen atoms in total. The van der Waals surface area contributed by atoms with E-state index in [0.29, 0.717) is 17.5 Å². The Labute approximate surface area is 358 Å². The topological polar surface area (TPSA) is 51.8 Å². The van der Waals surface area contributed by atoms with E-state index < -0.39 is 5.41 Å². The van der Waals surface area contributed by atoms with Crippen LogP contribution in [0.3, 0.4) is 0 Å². The summed E-state index contributed by atoms with van der Waals surface area (Å²) >= 11 is 0. The van der Waals surface area contributed by atoms with E-state index in [1.807, 2.05) is 30.3 Å². The number of aromatic nitrogens is 3. The predicted octanol–water partition coefficient (Wildman–Crippen LogP) is 14.4. The Kier molecular flexibility index (Phi) is 7.49. The minimum Gasteiger partial charge on any atom is -0.456 e. The number of fused-ring (bicyclic) bond motifs is 16. The molecule has 62 heavy (non-hydrogen) atoms. The second-order valence-corrected chi connectivity index (χ2v) is 16.2. The summed E-state index contributed by atoms with van der Waals surface area (Å²) in [5.41, 5.74) is 18.3. The Balaban J connectivity index is 1.10. The molecule has 1 spiro atoms. The Morgan fingerprint density at radius 3 is 1.58 bits per heavy atom. The van der Waals surface area contributed by atoms with Gasteiger partial charge in [-0.15, -0.1) is 0 Å². The van der Waals surface area contributed by atoms with Crippen molar-refractivity contribution in [3.63, 3.8) is 0 Å². The molecule has 0 N–H and O–H groups in total. The first-order valence-corrected chi connectivity index (χ1v) is 21.1. The zero-order valence-electron chi connectivity index (χ0n) is 33.5. The molecule has 0 saturated heterocycles. The van der Waals surface area contributed by atoms with Crippen LogP contribution in [0.15, 0.2) is 217 Å². The van der Waals surface area contributed by atoms with Crippen LogP contribution in [0.1, 0.15) is 22.3 Å². The fraction of sp³-hybridized carbons (Fsp3) is 0.0172. The molecule has 13 rings (SSSR count). The van der Waals surface area contributed by atoms with Crippen molar-refractivity contribution in [3.05, 3.63) is 235 Å².